The number of halogens is 4. The lowest BCUT2D eigenvalue weighted by molar-refractivity contribution is -0.135. The third kappa shape index (κ3) is 12.2. The molecule has 172 valence electrons. The number of aliphatic imine (C=N–C) groups is 1. The first-order valence-corrected chi connectivity index (χ1v) is 10.3. The van der Waals surface area contributed by atoms with Crippen LogP contribution in [0.5, 0.6) is 0 Å². The summed E-state index contributed by atoms with van der Waals surface area (Å²) in [5.41, 5.74) is 0.689. The van der Waals surface area contributed by atoms with Gasteiger partial charge in [-0.3, -0.25) is 4.79 Å². The number of guanidine groups is 1. The molecule has 30 heavy (non-hydrogen) atoms. The van der Waals surface area contributed by atoms with Crippen molar-refractivity contribution in [1.29, 1.82) is 0 Å². The zero-order valence-electron chi connectivity index (χ0n) is 16.7. The van der Waals surface area contributed by atoms with E-state index >= 15 is 0 Å². The summed E-state index contributed by atoms with van der Waals surface area (Å²) in [6.07, 6.45) is -4.78. The molecule has 1 amide bonds. The number of unbranched alkanes of at least 4 members (excludes halogenated alkanes) is 1. The van der Waals surface area contributed by atoms with Crippen molar-refractivity contribution in [1.82, 2.24) is 15.5 Å². The molecule has 0 saturated carbocycles. The predicted octanol–water partition coefficient (Wildman–Crippen LogP) is 1.81. The number of hydrogen-bond acceptors (Lipinski definition) is 4. The topological polar surface area (TPSA) is 117 Å². The van der Waals surface area contributed by atoms with Gasteiger partial charge in [-0.25, -0.2) is 18.5 Å². The third-order valence-electron chi connectivity index (χ3n) is 3.76. The zero-order valence-corrected chi connectivity index (χ0v) is 19.8. The molecule has 0 saturated heterocycles. The van der Waals surface area contributed by atoms with Crippen molar-refractivity contribution in [2.75, 3.05) is 27.2 Å². The lowest BCUT2D eigenvalue weighted by atomic mass is 10.2. The van der Waals surface area contributed by atoms with Crippen LogP contribution in [0.15, 0.2) is 34.2 Å². The van der Waals surface area contributed by atoms with E-state index in [2.05, 4.69) is 15.6 Å². The molecule has 0 unspecified atom stereocenters. The van der Waals surface area contributed by atoms with Crippen molar-refractivity contribution < 1.29 is 26.4 Å². The van der Waals surface area contributed by atoms with E-state index < -0.39 is 22.6 Å². The lowest BCUT2D eigenvalue weighted by Gasteiger charge is -2.15. The number of benzene rings is 1. The number of hydrogen-bond donors (Lipinski definition) is 3. The van der Waals surface area contributed by atoms with Gasteiger partial charge < -0.3 is 15.5 Å². The molecule has 0 aliphatic carbocycles. The number of alkyl halides is 3. The minimum absolute atomic E-state index is 0. The molecule has 4 N–H and O–H groups in total. The molecule has 1 aromatic rings. The van der Waals surface area contributed by atoms with Crippen LogP contribution in [0.25, 0.3) is 0 Å². The van der Waals surface area contributed by atoms with E-state index in [1.54, 1.807) is 26.2 Å². The smallest absolute Gasteiger partial charge is 0.356 e. The van der Waals surface area contributed by atoms with Gasteiger partial charge in [0, 0.05) is 27.1 Å². The number of sulfonamides is 1. The number of primary sulfonamides is 1. The zero-order chi connectivity index (χ0) is 22.1. The summed E-state index contributed by atoms with van der Waals surface area (Å²) < 4.78 is 59.1. The minimum Gasteiger partial charge on any atom is -0.356 e. The first-order chi connectivity index (χ1) is 13.4. The molecular formula is C17H27F3IN5O3S. The molecule has 1 aromatic carbocycles. The molecule has 0 aromatic heterocycles. The molecule has 0 fully saturated rings. The van der Waals surface area contributed by atoms with Crippen LogP contribution in [-0.2, 0) is 21.4 Å². The highest BCUT2D eigenvalue weighted by Gasteiger charge is 2.25. The quantitative estimate of drug-likeness (QED) is 0.183. The summed E-state index contributed by atoms with van der Waals surface area (Å²) in [6, 6.07) is 5.81. The SMILES string of the molecule is CN(C)C(=O)CNC(=NCc1ccc(S(N)(=O)=O)cc1)NCCCCC(F)(F)F.I. The number of rotatable bonds is 9. The molecule has 13 heteroatoms. The number of amides is 1. The third-order valence-corrected chi connectivity index (χ3v) is 4.69. The number of carbonyl (C=O) groups excluding carboxylic acids is 1. The second-order valence-electron chi connectivity index (χ2n) is 6.49. The van der Waals surface area contributed by atoms with Crippen LogP contribution < -0.4 is 15.8 Å². The second kappa shape index (κ2) is 12.9. The Morgan fingerprint density at radius 2 is 1.73 bits per heavy atom. The van der Waals surface area contributed by atoms with Crippen LogP contribution in [0, 0.1) is 0 Å². The minimum atomic E-state index is -4.18. The van der Waals surface area contributed by atoms with Gasteiger partial charge in [-0.15, -0.1) is 24.0 Å². The molecule has 0 aliphatic rings. The predicted molar refractivity (Wildman–Crippen MR) is 119 cm³/mol. The largest absolute Gasteiger partial charge is 0.389 e. The number of likely N-dealkylation sites (N-methyl/N-ethyl adjacent to an activating group) is 1. The fourth-order valence-corrected chi connectivity index (χ4v) is 2.62. The maximum atomic E-state index is 12.2. The Morgan fingerprint density at radius 3 is 2.23 bits per heavy atom. The summed E-state index contributed by atoms with van der Waals surface area (Å²) in [6.45, 7) is 0.382. The van der Waals surface area contributed by atoms with Gasteiger partial charge in [0.1, 0.15) is 0 Å². The first-order valence-electron chi connectivity index (χ1n) is 8.79. The van der Waals surface area contributed by atoms with Crippen LogP contribution in [0.4, 0.5) is 13.2 Å². The molecule has 1 rings (SSSR count). The van der Waals surface area contributed by atoms with Crippen LogP contribution in [-0.4, -0.2) is 58.5 Å². The van der Waals surface area contributed by atoms with Gasteiger partial charge in [0.25, 0.3) is 0 Å². The van der Waals surface area contributed by atoms with E-state index in [0.29, 0.717) is 5.56 Å². The van der Waals surface area contributed by atoms with Crippen molar-refractivity contribution in [2.24, 2.45) is 10.1 Å². The number of nitrogens with one attached hydrogen (secondary N) is 2. The Bertz CT molecular complexity index is 800. The summed E-state index contributed by atoms with van der Waals surface area (Å²) in [4.78, 5) is 17.4. The van der Waals surface area contributed by atoms with Crippen molar-refractivity contribution >= 4 is 45.9 Å². The van der Waals surface area contributed by atoms with Gasteiger partial charge >= 0.3 is 6.18 Å². The van der Waals surface area contributed by atoms with E-state index in [1.807, 2.05) is 0 Å². The van der Waals surface area contributed by atoms with Crippen molar-refractivity contribution in [3.05, 3.63) is 29.8 Å². The Balaban J connectivity index is 0.00000841. The van der Waals surface area contributed by atoms with Crippen molar-refractivity contribution in [2.45, 2.75) is 36.9 Å². The molecule has 0 spiro atoms. The monoisotopic (exact) mass is 565 g/mol. The fourth-order valence-electron chi connectivity index (χ4n) is 2.10. The summed E-state index contributed by atoms with van der Waals surface area (Å²) in [5, 5.41) is 10.8. The van der Waals surface area contributed by atoms with Gasteiger partial charge in [0.05, 0.1) is 18.0 Å². The molecule has 0 bridgehead atoms. The molecular weight excluding hydrogens is 538 g/mol. The Labute approximate surface area is 191 Å². The van der Waals surface area contributed by atoms with Gasteiger partial charge in [-0.2, -0.15) is 13.2 Å². The lowest BCUT2D eigenvalue weighted by Crippen LogP contribution is -2.43. The Kier molecular flexibility index (Phi) is 12.2. The van der Waals surface area contributed by atoms with Crippen LogP contribution in [0.2, 0.25) is 0 Å². The molecule has 0 heterocycles. The van der Waals surface area contributed by atoms with E-state index in [0.717, 1.165) is 0 Å². The summed E-state index contributed by atoms with van der Waals surface area (Å²) >= 11 is 0. The molecule has 0 aliphatic heterocycles. The average Bonchev–Trinajstić information content (AvgIpc) is 2.61. The highest BCUT2D eigenvalue weighted by atomic mass is 127. The van der Waals surface area contributed by atoms with E-state index in [9.17, 15) is 26.4 Å². The second-order valence-corrected chi connectivity index (χ2v) is 8.06. The normalized spacial score (nSPS) is 12.1. The van der Waals surface area contributed by atoms with Gasteiger partial charge in [0.2, 0.25) is 15.9 Å². The molecule has 0 radical (unpaired) electrons. The van der Waals surface area contributed by atoms with Crippen LogP contribution in [0.1, 0.15) is 24.8 Å². The van der Waals surface area contributed by atoms with Gasteiger partial charge in [-0.1, -0.05) is 12.1 Å². The van der Waals surface area contributed by atoms with E-state index in [1.165, 1.54) is 17.0 Å². The first kappa shape index (κ1) is 28.4. The summed E-state index contributed by atoms with van der Waals surface area (Å²) in [7, 11) is -0.597. The number of nitrogens with zero attached hydrogens (tertiary/aromatic N) is 2. The highest BCUT2D eigenvalue weighted by molar-refractivity contribution is 14.0. The van der Waals surface area contributed by atoms with Crippen LogP contribution >= 0.6 is 24.0 Å². The van der Waals surface area contributed by atoms with Crippen molar-refractivity contribution in [3.63, 3.8) is 0 Å². The Morgan fingerprint density at radius 1 is 1.13 bits per heavy atom. The summed E-state index contributed by atoms with van der Waals surface area (Å²) in [5.74, 6) is 0.0665. The Hall–Kier alpha value is -1.61. The van der Waals surface area contributed by atoms with E-state index in [4.69, 9.17) is 5.14 Å². The average molecular weight is 565 g/mol. The number of nitrogens with two attached hydrogens (primary N) is 1. The highest BCUT2D eigenvalue weighted by Crippen LogP contribution is 2.21. The standard InChI is InChI=1S/C17H26F3N5O3S.HI/c1-25(2)15(26)12-24-16(22-10-4-3-9-17(18,19)20)23-11-13-5-7-14(8-6-13)29(21,27)28;/h5-8H,3-4,9-12H2,1-2H3,(H2,21,27,28)(H2,22,23,24);1H. The fraction of sp³-hybridized carbons (Fsp3) is 0.529. The van der Waals surface area contributed by atoms with Crippen LogP contribution in [0.3, 0.4) is 0 Å². The van der Waals surface area contributed by atoms with Gasteiger partial charge in [0.15, 0.2) is 5.96 Å². The molecule has 8 nitrogen and oxygen atoms in total. The maximum Gasteiger partial charge on any atom is 0.389 e. The number of carbonyl (C=O) groups is 1. The van der Waals surface area contributed by atoms with Gasteiger partial charge in [-0.05, 0) is 30.5 Å². The van der Waals surface area contributed by atoms with Crippen molar-refractivity contribution in [3.8, 4) is 0 Å². The molecule has 0 atom stereocenters. The maximum absolute atomic E-state index is 12.2. The van der Waals surface area contributed by atoms with E-state index in [-0.39, 0.29) is 73.2 Å².